The van der Waals surface area contributed by atoms with Gasteiger partial charge in [0.2, 0.25) is 0 Å². The molecule has 3 nitrogen and oxygen atoms in total. The molecule has 94 valence electrons. The maximum Gasteiger partial charge on any atom is 0.0557 e. The van der Waals surface area contributed by atoms with Gasteiger partial charge in [0.15, 0.2) is 0 Å². The molecule has 1 heterocycles. The molecule has 2 unspecified atom stereocenters. The minimum atomic E-state index is -0.204. The molecule has 3 N–H and O–H groups in total. The molecule has 1 aliphatic rings. The lowest BCUT2D eigenvalue weighted by Crippen LogP contribution is -2.24. The number of benzene rings is 1. The van der Waals surface area contributed by atoms with Gasteiger partial charge in [-0.15, -0.1) is 0 Å². The summed E-state index contributed by atoms with van der Waals surface area (Å²) < 4.78 is 0. The Kier molecular flexibility index (Phi) is 3.69. The van der Waals surface area contributed by atoms with E-state index in [9.17, 15) is 5.11 Å². The first-order chi connectivity index (χ1) is 8.11. The Bertz CT molecular complexity index is 390. The van der Waals surface area contributed by atoms with Crippen LogP contribution >= 0.6 is 0 Å². The van der Waals surface area contributed by atoms with Crippen molar-refractivity contribution < 1.29 is 5.11 Å². The molecule has 0 amide bonds. The molecule has 0 aliphatic carbocycles. The van der Waals surface area contributed by atoms with E-state index in [1.807, 2.05) is 6.92 Å². The number of aliphatic hydroxyl groups is 1. The van der Waals surface area contributed by atoms with Crippen molar-refractivity contribution in [3.05, 3.63) is 29.3 Å². The van der Waals surface area contributed by atoms with Crippen molar-refractivity contribution in [3.63, 3.8) is 0 Å². The van der Waals surface area contributed by atoms with Crippen LogP contribution in [-0.4, -0.2) is 24.3 Å². The first kappa shape index (κ1) is 12.4. The lowest BCUT2D eigenvalue weighted by molar-refractivity contribution is 0.136. The number of rotatable bonds is 3. The van der Waals surface area contributed by atoms with Crippen LogP contribution in [0.2, 0.25) is 0 Å². The maximum atomic E-state index is 9.61. The summed E-state index contributed by atoms with van der Waals surface area (Å²) in [7, 11) is 0. The molecule has 0 saturated carbocycles. The highest BCUT2D eigenvalue weighted by atomic mass is 16.3. The molecule has 2 atom stereocenters. The fourth-order valence-corrected chi connectivity index (χ4v) is 2.52. The molecule has 17 heavy (non-hydrogen) atoms. The van der Waals surface area contributed by atoms with Crippen molar-refractivity contribution in [3.8, 4) is 0 Å². The monoisotopic (exact) mass is 234 g/mol. The zero-order chi connectivity index (χ0) is 12.4. The summed E-state index contributed by atoms with van der Waals surface area (Å²) in [6, 6.07) is 6.45. The molecule has 0 spiro atoms. The van der Waals surface area contributed by atoms with Gasteiger partial charge in [0.1, 0.15) is 0 Å². The van der Waals surface area contributed by atoms with Crippen LogP contribution in [0, 0.1) is 12.8 Å². The van der Waals surface area contributed by atoms with Gasteiger partial charge in [0, 0.05) is 31.2 Å². The highest BCUT2D eigenvalue weighted by Crippen LogP contribution is 2.27. The van der Waals surface area contributed by atoms with Crippen molar-refractivity contribution in [1.29, 1.82) is 0 Å². The third-order valence-electron chi connectivity index (χ3n) is 3.82. The third-order valence-corrected chi connectivity index (χ3v) is 3.82. The third kappa shape index (κ3) is 2.61. The number of nitrogens with two attached hydrogens (primary N) is 1. The quantitative estimate of drug-likeness (QED) is 0.836. The fourth-order valence-electron chi connectivity index (χ4n) is 2.52. The van der Waals surface area contributed by atoms with E-state index in [0.717, 1.165) is 19.5 Å². The summed E-state index contributed by atoms with van der Waals surface area (Å²) in [5.41, 5.74) is 9.39. The Morgan fingerprint density at radius 3 is 2.82 bits per heavy atom. The van der Waals surface area contributed by atoms with Crippen LogP contribution in [0.3, 0.4) is 0 Å². The highest BCUT2D eigenvalue weighted by molar-refractivity contribution is 5.51. The standard InChI is InChI=1S/C14H22N2O/c1-10-7-14(4-3-12(10)8-15)16-6-5-13(9-16)11(2)17/h3-4,7,11,13,17H,5-6,8-9,15H2,1-2H3. The van der Waals surface area contributed by atoms with Crippen molar-refractivity contribution in [2.75, 3.05) is 18.0 Å². The number of nitrogens with zero attached hydrogens (tertiary/aromatic N) is 1. The van der Waals surface area contributed by atoms with Gasteiger partial charge in [-0.25, -0.2) is 0 Å². The number of anilines is 1. The Balaban J connectivity index is 2.11. The lowest BCUT2D eigenvalue weighted by Gasteiger charge is -2.21. The zero-order valence-corrected chi connectivity index (χ0v) is 10.7. The Hall–Kier alpha value is -1.06. The van der Waals surface area contributed by atoms with Crippen LogP contribution in [0.5, 0.6) is 0 Å². The first-order valence-electron chi connectivity index (χ1n) is 6.34. The normalized spacial score (nSPS) is 21.9. The summed E-state index contributed by atoms with van der Waals surface area (Å²) in [6.45, 7) is 6.59. The Morgan fingerprint density at radius 1 is 1.53 bits per heavy atom. The van der Waals surface area contributed by atoms with Gasteiger partial charge in [-0.3, -0.25) is 0 Å². The molecular formula is C14H22N2O. The number of hydrogen-bond donors (Lipinski definition) is 2. The van der Waals surface area contributed by atoms with E-state index in [1.54, 1.807) is 0 Å². The molecule has 1 saturated heterocycles. The molecule has 2 rings (SSSR count). The molecule has 0 bridgehead atoms. The van der Waals surface area contributed by atoms with Gasteiger partial charge in [-0.05, 0) is 43.5 Å². The minimum Gasteiger partial charge on any atom is -0.393 e. The first-order valence-corrected chi connectivity index (χ1v) is 6.34. The average Bonchev–Trinajstić information content (AvgIpc) is 2.78. The molecule has 1 aromatic carbocycles. The molecule has 0 radical (unpaired) electrons. The van der Waals surface area contributed by atoms with Gasteiger partial charge in [0.25, 0.3) is 0 Å². The fraction of sp³-hybridized carbons (Fsp3) is 0.571. The van der Waals surface area contributed by atoms with E-state index >= 15 is 0 Å². The number of hydrogen-bond acceptors (Lipinski definition) is 3. The molecule has 0 aromatic heterocycles. The second kappa shape index (κ2) is 5.07. The van der Waals surface area contributed by atoms with Crippen LogP contribution in [0.1, 0.15) is 24.5 Å². The molecule has 3 heteroatoms. The number of aliphatic hydroxyl groups excluding tert-OH is 1. The van der Waals surface area contributed by atoms with Crippen LogP contribution in [0.4, 0.5) is 5.69 Å². The van der Waals surface area contributed by atoms with E-state index in [4.69, 9.17) is 5.73 Å². The van der Waals surface area contributed by atoms with Gasteiger partial charge in [0.05, 0.1) is 6.10 Å². The van der Waals surface area contributed by atoms with E-state index in [1.165, 1.54) is 16.8 Å². The van der Waals surface area contributed by atoms with E-state index in [-0.39, 0.29) is 6.10 Å². The van der Waals surface area contributed by atoms with E-state index in [0.29, 0.717) is 12.5 Å². The predicted molar refractivity (Wildman–Crippen MR) is 71.1 cm³/mol. The van der Waals surface area contributed by atoms with Crippen LogP contribution < -0.4 is 10.6 Å². The largest absolute Gasteiger partial charge is 0.393 e. The lowest BCUT2D eigenvalue weighted by atomic mass is 10.0. The van der Waals surface area contributed by atoms with Crippen molar-refractivity contribution in [2.24, 2.45) is 11.7 Å². The van der Waals surface area contributed by atoms with Crippen LogP contribution in [-0.2, 0) is 6.54 Å². The van der Waals surface area contributed by atoms with E-state index in [2.05, 4.69) is 30.0 Å². The smallest absolute Gasteiger partial charge is 0.0557 e. The Labute approximate surface area is 103 Å². The summed E-state index contributed by atoms with van der Waals surface area (Å²) in [5.74, 6) is 0.407. The molecule has 1 aliphatic heterocycles. The van der Waals surface area contributed by atoms with Gasteiger partial charge >= 0.3 is 0 Å². The second-order valence-corrected chi connectivity index (χ2v) is 5.05. The summed E-state index contributed by atoms with van der Waals surface area (Å²) in [4.78, 5) is 2.35. The topological polar surface area (TPSA) is 49.5 Å². The SMILES string of the molecule is Cc1cc(N2CCC(C(C)O)C2)ccc1CN. The van der Waals surface area contributed by atoms with Gasteiger partial charge < -0.3 is 15.7 Å². The minimum absolute atomic E-state index is 0.204. The van der Waals surface area contributed by atoms with Gasteiger partial charge in [-0.1, -0.05) is 6.07 Å². The van der Waals surface area contributed by atoms with Crippen molar-refractivity contribution in [2.45, 2.75) is 32.9 Å². The zero-order valence-electron chi connectivity index (χ0n) is 10.7. The second-order valence-electron chi connectivity index (χ2n) is 5.05. The molecular weight excluding hydrogens is 212 g/mol. The van der Waals surface area contributed by atoms with Crippen molar-refractivity contribution in [1.82, 2.24) is 0 Å². The average molecular weight is 234 g/mol. The highest BCUT2D eigenvalue weighted by Gasteiger charge is 2.26. The van der Waals surface area contributed by atoms with Crippen LogP contribution in [0.15, 0.2) is 18.2 Å². The Morgan fingerprint density at radius 2 is 2.29 bits per heavy atom. The molecule has 1 aromatic rings. The van der Waals surface area contributed by atoms with Crippen molar-refractivity contribution >= 4 is 5.69 Å². The summed E-state index contributed by atoms with van der Waals surface area (Å²) >= 11 is 0. The summed E-state index contributed by atoms with van der Waals surface area (Å²) in [6.07, 6.45) is 0.874. The van der Waals surface area contributed by atoms with E-state index < -0.39 is 0 Å². The summed E-state index contributed by atoms with van der Waals surface area (Å²) in [5, 5.41) is 9.61. The van der Waals surface area contributed by atoms with Gasteiger partial charge in [-0.2, -0.15) is 0 Å². The number of aryl methyl sites for hydroxylation is 1. The maximum absolute atomic E-state index is 9.61. The van der Waals surface area contributed by atoms with Crippen LogP contribution in [0.25, 0.3) is 0 Å². The molecule has 1 fully saturated rings. The predicted octanol–water partition coefficient (Wildman–Crippen LogP) is 1.66.